The highest BCUT2D eigenvalue weighted by atomic mass is 32.1. The van der Waals surface area contributed by atoms with Gasteiger partial charge in [0.05, 0.1) is 6.61 Å². The van der Waals surface area contributed by atoms with Crippen LogP contribution in [0.1, 0.15) is 23.1 Å². The number of hydrogen-bond acceptors (Lipinski definition) is 5. The molecule has 0 N–H and O–H groups in total. The van der Waals surface area contributed by atoms with E-state index in [9.17, 15) is 4.79 Å². The molecule has 5 heteroatoms. The molecule has 0 radical (unpaired) electrons. The first kappa shape index (κ1) is 11.7. The maximum atomic E-state index is 11.5. The molecular formula is C12H12N2O2S. The van der Waals surface area contributed by atoms with Crippen LogP contribution in [-0.4, -0.2) is 22.8 Å². The second kappa shape index (κ2) is 5.54. The number of esters is 1. The molecule has 88 valence electrons. The van der Waals surface area contributed by atoms with E-state index >= 15 is 0 Å². The SMILES string of the molecule is CCCOC(=O)c1nnc(-c2ccccc2)s1. The third kappa shape index (κ3) is 2.88. The highest BCUT2D eigenvalue weighted by molar-refractivity contribution is 7.16. The van der Waals surface area contributed by atoms with Gasteiger partial charge in [0.1, 0.15) is 5.01 Å². The molecule has 0 saturated heterocycles. The van der Waals surface area contributed by atoms with Gasteiger partial charge in [-0.3, -0.25) is 0 Å². The maximum absolute atomic E-state index is 11.5. The van der Waals surface area contributed by atoms with E-state index in [0.717, 1.165) is 17.0 Å². The van der Waals surface area contributed by atoms with Crippen molar-refractivity contribution in [1.82, 2.24) is 10.2 Å². The smallest absolute Gasteiger partial charge is 0.369 e. The summed E-state index contributed by atoms with van der Waals surface area (Å²) >= 11 is 1.25. The molecule has 0 unspecified atom stereocenters. The number of rotatable bonds is 4. The summed E-state index contributed by atoms with van der Waals surface area (Å²) in [7, 11) is 0. The molecule has 1 heterocycles. The predicted octanol–water partition coefficient (Wildman–Crippen LogP) is 2.77. The van der Waals surface area contributed by atoms with Crippen molar-refractivity contribution in [2.24, 2.45) is 0 Å². The minimum atomic E-state index is -0.397. The Morgan fingerprint density at radius 3 is 2.76 bits per heavy atom. The lowest BCUT2D eigenvalue weighted by Crippen LogP contribution is -2.05. The molecule has 0 bridgehead atoms. The number of nitrogens with zero attached hydrogens (tertiary/aromatic N) is 2. The van der Waals surface area contributed by atoms with Crippen LogP contribution in [0.4, 0.5) is 0 Å². The fourth-order valence-electron chi connectivity index (χ4n) is 1.26. The average molecular weight is 248 g/mol. The fraction of sp³-hybridized carbons (Fsp3) is 0.250. The van der Waals surface area contributed by atoms with E-state index in [0.29, 0.717) is 11.6 Å². The zero-order valence-electron chi connectivity index (χ0n) is 9.42. The van der Waals surface area contributed by atoms with E-state index in [4.69, 9.17) is 4.74 Å². The lowest BCUT2D eigenvalue weighted by atomic mass is 10.2. The molecule has 2 aromatic rings. The largest absolute Gasteiger partial charge is 0.460 e. The van der Waals surface area contributed by atoms with Crippen molar-refractivity contribution in [3.05, 3.63) is 35.3 Å². The molecule has 0 atom stereocenters. The summed E-state index contributed by atoms with van der Waals surface area (Å²) in [5, 5.41) is 8.86. The molecule has 2 rings (SSSR count). The summed E-state index contributed by atoms with van der Waals surface area (Å²) in [6, 6.07) is 9.64. The topological polar surface area (TPSA) is 52.1 Å². The Morgan fingerprint density at radius 2 is 2.06 bits per heavy atom. The van der Waals surface area contributed by atoms with Gasteiger partial charge in [0.25, 0.3) is 0 Å². The number of aromatic nitrogens is 2. The Bertz CT molecular complexity index is 496. The molecule has 0 aliphatic heterocycles. The average Bonchev–Trinajstić information content (AvgIpc) is 2.86. The van der Waals surface area contributed by atoms with Crippen LogP contribution in [0.25, 0.3) is 10.6 Å². The van der Waals surface area contributed by atoms with E-state index in [2.05, 4.69) is 10.2 Å². The summed E-state index contributed by atoms with van der Waals surface area (Å²) in [4.78, 5) is 11.5. The summed E-state index contributed by atoms with van der Waals surface area (Å²) in [5.74, 6) is -0.397. The summed E-state index contributed by atoms with van der Waals surface area (Å²) < 4.78 is 5.00. The summed E-state index contributed by atoms with van der Waals surface area (Å²) in [6.07, 6.45) is 0.802. The van der Waals surface area contributed by atoms with Gasteiger partial charge in [0.15, 0.2) is 0 Å². The lowest BCUT2D eigenvalue weighted by molar-refractivity contribution is 0.0503. The molecule has 1 aromatic heterocycles. The van der Waals surface area contributed by atoms with Crippen molar-refractivity contribution >= 4 is 17.3 Å². The zero-order chi connectivity index (χ0) is 12.1. The Balaban J connectivity index is 2.14. The number of benzene rings is 1. The number of carbonyl (C=O) groups excluding carboxylic acids is 1. The van der Waals surface area contributed by atoms with Gasteiger partial charge >= 0.3 is 5.97 Å². The molecule has 4 nitrogen and oxygen atoms in total. The van der Waals surface area contributed by atoms with Crippen molar-refractivity contribution in [2.75, 3.05) is 6.61 Å². The molecule has 0 amide bonds. The summed E-state index contributed by atoms with van der Waals surface area (Å²) in [6.45, 7) is 2.36. The summed E-state index contributed by atoms with van der Waals surface area (Å²) in [5.41, 5.74) is 0.958. The van der Waals surface area contributed by atoms with Crippen molar-refractivity contribution < 1.29 is 9.53 Å². The van der Waals surface area contributed by atoms with Crippen LogP contribution in [0, 0.1) is 0 Å². The number of hydrogen-bond donors (Lipinski definition) is 0. The first-order chi connectivity index (χ1) is 8.31. The minimum absolute atomic E-state index is 0.303. The Hall–Kier alpha value is -1.75. The van der Waals surface area contributed by atoms with Crippen molar-refractivity contribution in [3.8, 4) is 10.6 Å². The van der Waals surface area contributed by atoms with E-state index in [-0.39, 0.29) is 0 Å². The van der Waals surface area contributed by atoms with Crippen LogP contribution in [0.2, 0.25) is 0 Å². The lowest BCUT2D eigenvalue weighted by Gasteiger charge is -1.97. The number of ether oxygens (including phenoxy) is 1. The van der Waals surface area contributed by atoms with Gasteiger partial charge in [-0.2, -0.15) is 0 Å². The second-order valence-electron chi connectivity index (χ2n) is 3.41. The minimum Gasteiger partial charge on any atom is -0.460 e. The van der Waals surface area contributed by atoms with Gasteiger partial charge in [-0.05, 0) is 6.42 Å². The predicted molar refractivity (Wildman–Crippen MR) is 65.9 cm³/mol. The molecule has 0 aliphatic carbocycles. The van der Waals surface area contributed by atoms with E-state index in [1.807, 2.05) is 37.3 Å². The molecular weight excluding hydrogens is 236 g/mol. The van der Waals surface area contributed by atoms with Gasteiger partial charge in [0, 0.05) is 5.56 Å². The van der Waals surface area contributed by atoms with Crippen LogP contribution < -0.4 is 0 Å². The fourth-order valence-corrected chi connectivity index (χ4v) is 2.00. The third-order valence-corrected chi connectivity index (χ3v) is 3.01. The highest BCUT2D eigenvalue weighted by Crippen LogP contribution is 2.23. The Morgan fingerprint density at radius 1 is 1.29 bits per heavy atom. The quantitative estimate of drug-likeness (QED) is 0.781. The second-order valence-corrected chi connectivity index (χ2v) is 4.39. The normalized spacial score (nSPS) is 10.2. The third-order valence-electron chi connectivity index (χ3n) is 2.06. The molecule has 0 fully saturated rings. The van der Waals surface area contributed by atoms with Crippen LogP contribution in [-0.2, 0) is 4.74 Å². The first-order valence-electron chi connectivity index (χ1n) is 5.37. The highest BCUT2D eigenvalue weighted by Gasteiger charge is 2.14. The van der Waals surface area contributed by atoms with Crippen LogP contribution in [0.3, 0.4) is 0 Å². The first-order valence-corrected chi connectivity index (χ1v) is 6.19. The van der Waals surface area contributed by atoms with E-state index in [1.54, 1.807) is 0 Å². The van der Waals surface area contributed by atoms with Gasteiger partial charge in [-0.25, -0.2) is 4.79 Å². The molecule has 17 heavy (non-hydrogen) atoms. The van der Waals surface area contributed by atoms with Crippen LogP contribution in [0.15, 0.2) is 30.3 Å². The van der Waals surface area contributed by atoms with Gasteiger partial charge in [-0.1, -0.05) is 48.6 Å². The van der Waals surface area contributed by atoms with Gasteiger partial charge in [-0.15, -0.1) is 10.2 Å². The number of carbonyl (C=O) groups is 1. The van der Waals surface area contributed by atoms with Crippen molar-refractivity contribution in [3.63, 3.8) is 0 Å². The van der Waals surface area contributed by atoms with E-state index < -0.39 is 5.97 Å². The van der Waals surface area contributed by atoms with Gasteiger partial charge in [0.2, 0.25) is 5.01 Å². The zero-order valence-corrected chi connectivity index (χ0v) is 10.2. The van der Waals surface area contributed by atoms with Crippen molar-refractivity contribution in [2.45, 2.75) is 13.3 Å². The molecule has 0 saturated carbocycles. The Kier molecular flexibility index (Phi) is 3.82. The molecule has 0 aliphatic rings. The molecule has 1 aromatic carbocycles. The van der Waals surface area contributed by atoms with E-state index in [1.165, 1.54) is 11.3 Å². The monoisotopic (exact) mass is 248 g/mol. The van der Waals surface area contributed by atoms with Crippen LogP contribution in [0.5, 0.6) is 0 Å². The van der Waals surface area contributed by atoms with Crippen LogP contribution >= 0.6 is 11.3 Å². The van der Waals surface area contributed by atoms with Crippen molar-refractivity contribution in [1.29, 1.82) is 0 Å². The maximum Gasteiger partial charge on any atom is 0.369 e. The Labute approximate surface area is 103 Å². The van der Waals surface area contributed by atoms with Gasteiger partial charge < -0.3 is 4.74 Å². The molecule has 0 spiro atoms. The standard InChI is InChI=1S/C12H12N2O2S/c1-2-8-16-12(15)11-14-13-10(17-11)9-6-4-3-5-7-9/h3-7H,2,8H2,1H3.